The van der Waals surface area contributed by atoms with E-state index in [2.05, 4.69) is 0 Å². The Balaban J connectivity index is 1.89. The number of halogens is 1. The molecule has 4 rings (SSSR count). The number of alkyl halides is 1. The fraction of sp³-hybridized carbons (Fsp3) is 0.474. The highest BCUT2D eigenvalue weighted by Crippen LogP contribution is 2.51. The summed E-state index contributed by atoms with van der Waals surface area (Å²) in [4.78, 5) is 38.9. The van der Waals surface area contributed by atoms with Gasteiger partial charge in [0.1, 0.15) is 5.69 Å². The first kappa shape index (κ1) is 21.8. The molecule has 0 aromatic carbocycles. The van der Waals surface area contributed by atoms with Crippen molar-refractivity contribution < 1.29 is 33.4 Å². The van der Waals surface area contributed by atoms with E-state index in [1.807, 2.05) is 6.92 Å². The summed E-state index contributed by atoms with van der Waals surface area (Å²) in [5, 5.41) is 22.5. The van der Waals surface area contributed by atoms with Crippen molar-refractivity contribution in [1.82, 2.24) is 9.47 Å². The molecule has 1 fully saturated rings. The summed E-state index contributed by atoms with van der Waals surface area (Å²) in [6.45, 7) is 4.51. The highest BCUT2D eigenvalue weighted by atomic mass is 32.2. The first-order valence-corrected chi connectivity index (χ1v) is 11.4. The van der Waals surface area contributed by atoms with Crippen LogP contribution in [0, 0.1) is 18.8 Å². The summed E-state index contributed by atoms with van der Waals surface area (Å²) in [6.07, 6.45) is 0.585. The molecule has 2 aromatic heterocycles. The molecule has 4 heterocycles. The Bertz CT molecular complexity index is 1150. The number of rotatable bonds is 6. The Morgan fingerprint density at radius 1 is 1.48 bits per heavy atom. The number of thiazole rings is 1. The number of β-lactam (4-membered cyclic amide) rings is 1. The summed E-state index contributed by atoms with van der Waals surface area (Å²) in [6, 6.07) is -1.18. The fourth-order valence-corrected chi connectivity index (χ4v) is 6.94. The number of carboxylic acid groups (broad SMARTS) is 1. The standard InChI is InChI=1S/C19H21FN4O5S2/c1-7-10(13(18(27)28)24-12(7)11(9(3)25)15(24)26)14-8(2)22-6-23(19(21)29)16(17(22)31-14)30-5-4-20/h6-7,9,11-12,25H,4-5H2,1-3H3,(H2-,21,27,28,29)/t7-,9+,11+,12-/m0/s1. The van der Waals surface area contributed by atoms with E-state index < -0.39 is 42.6 Å². The molecule has 1 saturated heterocycles. The molecule has 0 spiro atoms. The van der Waals surface area contributed by atoms with Crippen LogP contribution in [0.25, 0.3) is 10.4 Å². The third kappa shape index (κ3) is 2.99. The average molecular weight is 469 g/mol. The highest BCUT2D eigenvalue weighted by molar-refractivity contribution is 7.99. The number of hydrogen-bond donors (Lipinski definition) is 2. The Hall–Kier alpha value is -2.44. The number of carbonyl (C=O) groups excluding carboxylic acids is 3. The summed E-state index contributed by atoms with van der Waals surface area (Å²) < 4.78 is 15.7. The average Bonchev–Trinajstić information content (AvgIpc) is 3.28. The first-order chi connectivity index (χ1) is 14.6. The number of amides is 2. The van der Waals surface area contributed by atoms with Crippen LogP contribution in [-0.2, 0) is 9.59 Å². The number of imidazole rings is 1. The number of aliphatic carboxylic acids is 1. The van der Waals surface area contributed by atoms with Gasteiger partial charge >= 0.3 is 6.03 Å². The van der Waals surface area contributed by atoms with E-state index >= 15 is 0 Å². The highest BCUT2D eigenvalue weighted by Gasteiger charge is 2.59. The molecule has 0 aliphatic carbocycles. The van der Waals surface area contributed by atoms with Gasteiger partial charge in [0.15, 0.2) is 0 Å². The molecule has 2 aliphatic rings. The number of aliphatic hydroxyl groups excluding tert-OH is 1. The zero-order valence-corrected chi connectivity index (χ0v) is 18.6. The van der Waals surface area contributed by atoms with Crippen molar-refractivity contribution >= 4 is 51.4 Å². The van der Waals surface area contributed by atoms with Gasteiger partial charge in [-0.05, 0) is 13.8 Å². The first-order valence-electron chi connectivity index (χ1n) is 9.63. The smallest absolute Gasteiger partial charge is 0.411 e. The molecular formula is C19H21FN4O5S2. The van der Waals surface area contributed by atoms with E-state index in [1.165, 1.54) is 34.1 Å². The number of carboxylic acids is 1. The topological polar surface area (TPSA) is 133 Å². The molecule has 4 atom stereocenters. The molecule has 2 aliphatic heterocycles. The van der Waals surface area contributed by atoms with Crippen LogP contribution in [0.3, 0.4) is 0 Å². The third-order valence-corrected chi connectivity index (χ3v) is 8.36. The SMILES string of the molecule is Cc1c(C2=C(C(=O)[O-])N3C(=O)[C@H]([C@@H](C)O)[C@@H]3[C@H]2C)sc2c(SCCF)n(C(N)=O)c[n+]12. The maximum absolute atomic E-state index is 12.8. The zero-order valence-electron chi connectivity index (χ0n) is 17.0. The summed E-state index contributed by atoms with van der Waals surface area (Å²) in [7, 11) is 0. The zero-order chi connectivity index (χ0) is 22.8. The lowest BCUT2D eigenvalue weighted by atomic mass is 9.77. The van der Waals surface area contributed by atoms with E-state index in [0.29, 0.717) is 26.0 Å². The summed E-state index contributed by atoms with van der Waals surface area (Å²) >= 11 is 2.38. The van der Waals surface area contributed by atoms with Gasteiger partial charge in [0.05, 0.1) is 41.3 Å². The van der Waals surface area contributed by atoms with E-state index in [1.54, 1.807) is 11.3 Å². The monoisotopic (exact) mass is 468 g/mol. The Kier molecular flexibility index (Phi) is 5.34. The van der Waals surface area contributed by atoms with Gasteiger partial charge in [0, 0.05) is 17.2 Å². The van der Waals surface area contributed by atoms with E-state index in [9.17, 15) is 29.0 Å². The van der Waals surface area contributed by atoms with Gasteiger partial charge < -0.3 is 25.6 Å². The predicted octanol–water partition coefficient (Wildman–Crippen LogP) is -0.0964. The Morgan fingerprint density at radius 3 is 2.71 bits per heavy atom. The van der Waals surface area contributed by atoms with Crippen LogP contribution in [0.4, 0.5) is 9.18 Å². The number of aryl methyl sites for hydroxylation is 1. The second-order valence-electron chi connectivity index (χ2n) is 7.66. The molecule has 2 aromatic rings. The minimum Gasteiger partial charge on any atom is -0.543 e. The minimum absolute atomic E-state index is 0.128. The number of fused-ring (bicyclic) bond motifs is 2. The number of carbonyl (C=O) groups is 3. The van der Waals surface area contributed by atoms with Gasteiger partial charge in [-0.25, -0.2) is 4.79 Å². The second kappa shape index (κ2) is 7.61. The summed E-state index contributed by atoms with van der Waals surface area (Å²) in [5.41, 5.74) is 6.38. The second-order valence-corrected chi connectivity index (χ2v) is 9.74. The van der Waals surface area contributed by atoms with E-state index in [-0.39, 0.29) is 17.4 Å². The van der Waals surface area contributed by atoms with E-state index in [0.717, 1.165) is 11.8 Å². The van der Waals surface area contributed by atoms with Gasteiger partial charge in [0.2, 0.25) is 15.8 Å². The van der Waals surface area contributed by atoms with Crippen molar-refractivity contribution in [1.29, 1.82) is 0 Å². The lowest BCUT2D eigenvalue weighted by Gasteiger charge is -2.47. The molecule has 166 valence electrons. The van der Waals surface area contributed by atoms with Crippen LogP contribution < -0.4 is 15.2 Å². The number of primary amides is 1. The van der Waals surface area contributed by atoms with Crippen molar-refractivity contribution in [3.05, 3.63) is 22.6 Å². The molecule has 0 unspecified atom stereocenters. The van der Waals surface area contributed by atoms with Gasteiger partial charge in [-0.3, -0.25) is 9.18 Å². The molecular weight excluding hydrogens is 447 g/mol. The fourth-order valence-electron chi connectivity index (χ4n) is 4.57. The minimum atomic E-state index is -1.46. The normalized spacial score (nSPS) is 24.0. The molecule has 2 amide bonds. The Morgan fingerprint density at radius 2 is 2.16 bits per heavy atom. The van der Waals surface area contributed by atoms with Crippen molar-refractivity contribution in [2.24, 2.45) is 17.6 Å². The van der Waals surface area contributed by atoms with Crippen molar-refractivity contribution in [3.8, 4) is 0 Å². The quantitative estimate of drug-likeness (QED) is 0.346. The number of hydrogen-bond acceptors (Lipinski definition) is 7. The number of thioether (sulfide) groups is 1. The van der Waals surface area contributed by atoms with Crippen molar-refractivity contribution in [3.63, 3.8) is 0 Å². The van der Waals surface area contributed by atoms with Gasteiger partial charge in [-0.15, -0.1) is 4.57 Å². The van der Waals surface area contributed by atoms with Gasteiger partial charge in [-0.2, -0.15) is 4.40 Å². The molecule has 9 nitrogen and oxygen atoms in total. The number of aliphatic hydroxyl groups is 1. The van der Waals surface area contributed by atoms with Crippen LogP contribution in [0.2, 0.25) is 0 Å². The molecule has 0 saturated carbocycles. The number of nitrogens with zero attached hydrogens (tertiary/aromatic N) is 3. The van der Waals surface area contributed by atoms with Crippen LogP contribution in [0.1, 0.15) is 24.4 Å². The third-order valence-electron chi connectivity index (χ3n) is 5.90. The van der Waals surface area contributed by atoms with Crippen molar-refractivity contribution in [2.75, 3.05) is 12.4 Å². The predicted molar refractivity (Wildman–Crippen MR) is 109 cm³/mol. The van der Waals surface area contributed by atoms with Crippen LogP contribution in [-0.4, -0.2) is 57.1 Å². The van der Waals surface area contributed by atoms with Crippen LogP contribution in [0.5, 0.6) is 0 Å². The molecule has 12 heteroatoms. The van der Waals surface area contributed by atoms with Gasteiger partial charge in [0.25, 0.3) is 6.33 Å². The Labute approximate surface area is 184 Å². The summed E-state index contributed by atoms with van der Waals surface area (Å²) in [5.74, 6) is -2.80. The maximum Gasteiger partial charge on any atom is 0.411 e. The van der Waals surface area contributed by atoms with Crippen LogP contribution >= 0.6 is 23.1 Å². The largest absolute Gasteiger partial charge is 0.543 e. The lowest BCUT2D eigenvalue weighted by Crippen LogP contribution is -2.64. The lowest BCUT2D eigenvalue weighted by molar-refractivity contribution is -0.515. The molecule has 0 radical (unpaired) electrons. The van der Waals surface area contributed by atoms with Gasteiger partial charge in [-0.1, -0.05) is 30.0 Å². The van der Waals surface area contributed by atoms with E-state index in [4.69, 9.17) is 5.73 Å². The molecule has 3 N–H and O–H groups in total. The molecule has 31 heavy (non-hydrogen) atoms. The maximum atomic E-state index is 12.8. The van der Waals surface area contributed by atoms with Crippen molar-refractivity contribution in [2.45, 2.75) is 37.9 Å². The van der Waals surface area contributed by atoms with Crippen LogP contribution in [0.15, 0.2) is 17.1 Å². The molecule has 0 bridgehead atoms. The number of nitrogens with two attached hydrogens (primary N) is 1. The number of aromatic nitrogens is 2.